The molecule has 0 spiro atoms. The molecule has 19 heavy (non-hydrogen) atoms. The van der Waals surface area contributed by atoms with Gasteiger partial charge in [-0.3, -0.25) is 4.79 Å². The van der Waals surface area contributed by atoms with E-state index in [-0.39, 0.29) is 5.92 Å². The Morgan fingerprint density at radius 2 is 1.63 bits per heavy atom. The van der Waals surface area contributed by atoms with Gasteiger partial charge in [-0.2, -0.15) is 0 Å². The molecule has 0 aliphatic carbocycles. The third-order valence-electron chi connectivity index (χ3n) is 3.50. The highest BCUT2D eigenvalue weighted by Gasteiger charge is 2.13. The zero-order valence-electron chi connectivity index (χ0n) is 11.6. The van der Waals surface area contributed by atoms with E-state index in [1.807, 2.05) is 42.5 Å². The third-order valence-corrected chi connectivity index (χ3v) is 3.50. The quantitative estimate of drug-likeness (QED) is 0.775. The molecule has 0 aliphatic rings. The zero-order valence-corrected chi connectivity index (χ0v) is 11.6. The van der Waals surface area contributed by atoms with Crippen LogP contribution >= 0.6 is 0 Å². The maximum absolute atomic E-state index is 12.1. The molecule has 1 atom stereocenters. The molecule has 0 aromatic heterocycles. The van der Waals surface area contributed by atoms with Crippen LogP contribution in [0.2, 0.25) is 0 Å². The monoisotopic (exact) mass is 252 g/mol. The first-order valence-corrected chi connectivity index (χ1v) is 6.78. The van der Waals surface area contributed by atoms with Gasteiger partial charge >= 0.3 is 0 Å². The molecule has 98 valence electrons. The number of benzene rings is 2. The van der Waals surface area contributed by atoms with Gasteiger partial charge in [-0.1, -0.05) is 61.5 Å². The number of hydrogen-bond acceptors (Lipinski definition) is 1. The predicted molar refractivity (Wildman–Crippen MR) is 79.4 cm³/mol. The molecular formula is C18H20O. The lowest BCUT2D eigenvalue weighted by molar-refractivity contribution is -0.118. The second-order valence-corrected chi connectivity index (χ2v) is 5.16. The van der Waals surface area contributed by atoms with Crippen LogP contribution in [-0.4, -0.2) is 5.78 Å². The van der Waals surface area contributed by atoms with Crippen molar-refractivity contribution in [2.75, 3.05) is 0 Å². The Bertz CT molecular complexity index is 543. The van der Waals surface area contributed by atoms with Crippen molar-refractivity contribution >= 4 is 5.78 Å². The maximum Gasteiger partial charge on any atom is 0.137 e. The van der Waals surface area contributed by atoms with E-state index in [0.717, 1.165) is 5.56 Å². The van der Waals surface area contributed by atoms with Gasteiger partial charge in [0, 0.05) is 12.8 Å². The molecule has 2 rings (SSSR count). The second kappa shape index (κ2) is 6.33. The van der Waals surface area contributed by atoms with E-state index in [9.17, 15) is 4.79 Å². The van der Waals surface area contributed by atoms with Gasteiger partial charge < -0.3 is 0 Å². The van der Waals surface area contributed by atoms with E-state index in [2.05, 4.69) is 26.0 Å². The molecule has 0 saturated heterocycles. The van der Waals surface area contributed by atoms with Gasteiger partial charge in [-0.15, -0.1) is 0 Å². The van der Waals surface area contributed by atoms with Crippen LogP contribution in [0.5, 0.6) is 0 Å². The number of Topliss-reactive ketones (excluding diaryl/α,β-unsaturated/α-hetero) is 1. The molecule has 0 fully saturated rings. The lowest BCUT2D eigenvalue weighted by Crippen LogP contribution is -2.08. The van der Waals surface area contributed by atoms with Crippen LogP contribution < -0.4 is 0 Å². The van der Waals surface area contributed by atoms with Crippen molar-refractivity contribution in [2.24, 2.45) is 0 Å². The highest BCUT2D eigenvalue weighted by atomic mass is 16.1. The van der Waals surface area contributed by atoms with E-state index in [4.69, 9.17) is 0 Å². The summed E-state index contributed by atoms with van der Waals surface area (Å²) in [6.07, 6.45) is 1.15. The highest BCUT2D eigenvalue weighted by molar-refractivity contribution is 5.81. The SMILES string of the molecule is Cc1ccccc1C(C)CC(=O)Cc1ccccc1. The molecule has 0 aliphatic heterocycles. The first-order valence-electron chi connectivity index (χ1n) is 6.78. The molecular weight excluding hydrogens is 232 g/mol. The average Bonchev–Trinajstić information content (AvgIpc) is 2.40. The summed E-state index contributed by atoms with van der Waals surface area (Å²) in [5.41, 5.74) is 3.65. The van der Waals surface area contributed by atoms with Crippen LogP contribution in [0.25, 0.3) is 0 Å². The smallest absolute Gasteiger partial charge is 0.137 e. The van der Waals surface area contributed by atoms with Crippen molar-refractivity contribution in [1.29, 1.82) is 0 Å². The second-order valence-electron chi connectivity index (χ2n) is 5.16. The van der Waals surface area contributed by atoms with Gasteiger partial charge in [0.15, 0.2) is 0 Å². The number of rotatable bonds is 5. The number of aryl methyl sites for hydroxylation is 1. The van der Waals surface area contributed by atoms with Gasteiger partial charge in [0.1, 0.15) is 5.78 Å². The molecule has 0 bridgehead atoms. The summed E-state index contributed by atoms with van der Waals surface area (Å²) in [5.74, 6) is 0.597. The molecule has 2 aromatic carbocycles. The fourth-order valence-corrected chi connectivity index (χ4v) is 2.49. The molecule has 0 saturated carbocycles. The van der Waals surface area contributed by atoms with E-state index in [1.54, 1.807) is 0 Å². The van der Waals surface area contributed by atoms with Crippen molar-refractivity contribution in [3.63, 3.8) is 0 Å². The van der Waals surface area contributed by atoms with Crippen LogP contribution in [0, 0.1) is 6.92 Å². The number of hydrogen-bond donors (Lipinski definition) is 0. The van der Waals surface area contributed by atoms with Gasteiger partial charge in [0.2, 0.25) is 0 Å². The molecule has 0 radical (unpaired) electrons. The third kappa shape index (κ3) is 3.78. The molecule has 0 N–H and O–H groups in total. The fourth-order valence-electron chi connectivity index (χ4n) is 2.49. The Balaban J connectivity index is 1.98. The number of carbonyl (C=O) groups is 1. The van der Waals surface area contributed by atoms with Gasteiger partial charge in [0.05, 0.1) is 0 Å². The first-order chi connectivity index (χ1) is 9.16. The van der Waals surface area contributed by atoms with E-state index in [0.29, 0.717) is 18.6 Å². The van der Waals surface area contributed by atoms with Crippen LogP contribution in [0.4, 0.5) is 0 Å². The molecule has 1 heteroatoms. The van der Waals surface area contributed by atoms with Crippen molar-refractivity contribution in [3.05, 3.63) is 71.3 Å². The van der Waals surface area contributed by atoms with Crippen molar-refractivity contribution in [1.82, 2.24) is 0 Å². The highest BCUT2D eigenvalue weighted by Crippen LogP contribution is 2.23. The summed E-state index contributed by atoms with van der Waals surface area (Å²) in [4.78, 5) is 12.1. The Morgan fingerprint density at radius 3 is 2.32 bits per heavy atom. The number of carbonyl (C=O) groups excluding carboxylic acids is 1. The zero-order chi connectivity index (χ0) is 13.7. The van der Waals surface area contributed by atoms with Gasteiger partial charge in [-0.25, -0.2) is 0 Å². The largest absolute Gasteiger partial charge is 0.299 e. The summed E-state index contributed by atoms with van der Waals surface area (Å²) < 4.78 is 0. The van der Waals surface area contributed by atoms with E-state index in [1.165, 1.54) is 11.1 Å². The minimum absolute atomic E-state index is 0.289. The molecule has 1 nitrogen and oxygen atoms in total. The van der Waals surface area contributed by atoms with Crippen molar-refractivity contribution in [3.8, 4) is 0 Å². The molecule has 2 aromatic rings. The normalized spacial score (nSPS) is 12.1. The summed E-state index contributed by atoms with van der Waals surface area (Å²) in [5, 5.41) is 0. The first kappa shape index (κ1) is 13.5. The summed E-state index contributed by atoms with van der Waals surface area (Å²) >= 11 is 0. The van der Waals surface area contributed by atoms with E-state index >= 15 is 0 Å². The summed E-state index contributed by atoms with van der Waals surface area (Å²) in [6, 6.07) is 18.3. The fraction of sp³-hybridized carbons (Fsp3) is 0.278. The van der Waals surface area contributed by atoms with Crippen molar-refractivity contribution in [2.45, 2.75) is 32.6 Å². The predicted octanol–water partition coefficient (Wildman–Crippen LogP) is 4.30. The van der Waals surface area contributed by atoms with Crippen LogP contribution in [-0.2, 0) is 11.2 Å². The topological polar surface area (TPSA) is 17.1 Å². The molecule has 1 unspecified atom stereocenters. The van der Waals surface area contributed by atoms with E-state index < -0.39 is 0 Å². The van der Waals surface area contributed by atoms with Gasteiger partial charge in [-0.05, 0) is 29.5 Å². The van der Waals surface area contributed by atoms with Crippen LogP contribution in [0.15, 0.2) is 54.6 Å². The molecule has 0 amide bonds. The number of ketones is 1. The van der Waals surface area contributed by atoms with Gasteiger partial charge in [0.25, 0.3) is 0 Å². The minimum atomic E-state index is 0.289. The maximum atomic E-state index is 12.1. The minimum Gasteiger partial charge on any atom is -0.299 e. The summed E-state index contributed by atoms with van der Waals surface area (Å²) in [6.45, 7) is 4.23. The van der Waals surface area contributed by atoms with Crippen LogP contribution in [0.1, 0.15) is 36.0 Å². The Hall–Kier alpha value is -1.89. The van der Waals surface area contributed by atoms with Crippen molar-refractivity contribution < 1.29 is 4.79 Å². The lowest BCUT2D eigenvalue weighted by atomic mass is 9.91. The average molecular weight is 252 g/mol. The summed E-state index contributed by atoms with van der Waals surface area (Å²) in [7, 11) is 0. The lowest BCUT2D eigenvalue weighted by Gasteiger charge is -2.13. The Morgan fingerprint density at radius 1 is 1.00 bits per heavy atom. The van der Waals surface area contributed by atoms with Crippen LogP contribution in [0.3, 0.4) is 0 Å². The standard InChI is InChI=1S/C18H20O/c1-14-8-6-7-11-18(14)15(2)12-17(19)13-16-9-4-3-5-10-16/h3-11,15H,12-13H2,1-2H3. The Labute approximate surface area is 115 Å². The molecule has 0 heterocycles. The Kier molecular flexibility index (Phi) is 4.51.